The highest BCUT2D eigenvalue weighted by Gasteiger charge is 2.13. The Hall–Kier alpha value is -2.10. The van der Waals surface area contributed by atoms with Crippen LogP contribution in [0, 0.1) is 12.7 Å². The lowest BCUT2D eigenvalue weighted by atomic mass is 10.1. The van der Waals surface area contributed by atoms with Crippen LogP contribution < -0.4 is 5.32 Å². The predicted octanol–water partition coefficient (Wildman–Crippen LogP) is 3.22. The van der Waals surface area contributed by atoms with Crippen molar-refractivity contribution >= 4 is 5.91 Å². The van der Waals surface area contributed by atoms with E-state index in [0.29, 0.717) is 16.9 Å². The summed E-state index contributed by atoms with van der Waals surface area (Å²) in [7, 11) is 0. The fourth-order valence-electron chi connectivity index (χ4n) is 1.67. The quantitative estimate of drug-likeness (QED) is 0.904. The molecule has 1 unspecified atom stereocenters. The molecule has 0 bridgehead atoms. The van der Waals surface area contributed by atoms with Crippen LogP contribution in [-0.4, -0.2) is 5.91 Å². The monoisotopic (exact) mass is 247 g/mol. The maximum atomic E-state index is 13.1. The first kappa shape index (κ1) is 12.4. The molecule has 0 aliphatic carbocycles. The van der Waals surface area contributed by atoms with Gasteiger partial charge in [0, 0.05) is 5.56 Å². The number of benzene rings is 1. The van der Waals surface area contributed by atoms with Gasteiger partial charge in [-0.25, -0.2) is 4.39 Å². The van der Waals surface area contributed by atoms with Crippen LogP contribution in [0.15, 0.2) is 41.0 Å². The van der Waals surface area contributed by atoms with Gasteiger partial charge in [-0.1, -0.05) is 0 Å². The molecule has 2 aromatic rings. The summed E-state index contributed by atoms with van der Waals surface area (Å²) < 4.78 is 18.3. The second-order valence-electron chi connectivity index (χ2n) is 4.17. The average Bonchev–Trinajstić information content (AvgIpc) is 2.86. The summed E-state index contributed by atoms with van der Waals surface area (Å²) in [5, 5.41) is 2.79. The Balaban J connectivity index is 2.10. The number of halogens is 1. The zero-order valence-corrected chi connectivity index (χ0v) is 10.2. The van der Waals surface area contributed by atoms with Crippen LogP contribution in [0.4, 0.5) is 4.39 Å². The van der Waals surface area contributed by atoms with Crippen LogP contribution in [0.3, 0.4) is 0 Å². The van der Waals surface area contributed by atoms with Crippen molar-refractivity contribution in [3.8, 4) is 0 Å². The molecule has 0 aliphatic heterocycles. The smallest absolute Gasteiger partial charge is 0.251 e. The molecule has 0 saturated heterocycles. The van der Waals surface area contributed by atoms with Crippen molar-refractivity contribution in [1.29, 1.82) is 0 Å². The summed E-state index contributed by atoms with van der Waals surface area (Å²) in [5.41, 5.74) is 0.889. The SMILES string of the molecule is Cc1cc(C(=O)NC(C)c2ccco2)ccc1F. The van der Waals surface area contributed by atoms with Crippen LogP contribution >= 0.6 is 0 Å². The number of hydrogen-bond acceptors (Lipinski definition) is 2. The zero-order valence-electron chi connectivity index (χ0n) is 10.2. The normalized spacial score (nSPS) is 12.2. The minimum atomic E-state index is -0.314. The summed E-state index contributed by atoms with van der Waals surface area (Å²) in [6.07, 6.45) is 1.56. The summed E-state index contributed by atoms with van der Waals surface area (Å²) in [6.45, 7) is 3.45. The molecule has 94 valence electrons. The third-order valence-corrected chi connectivity index (χ3v) is 2.74. The first-order valence-electron chi connectivity index (χ1n) is 5.68. The van der Waals surface area contributed by atoms with Gasteiger partial charge in [0.25, 0.3) is 5.91 Å². The van der Waals surface area contributed by atoms with Gasteiger partial charge in [-0.15, -0.1) is 0 Å². The molecule has 1 heterocycles. The van der Waals surface area contributed by atoms with E-state index in [1.165, 1.54) is 18.2 Å². The van der Waals surface area contributed by atoms with Crippen LogP contribution in [0.1, 0.15) is 34.6 Å². The Morgan fingerprint density at radius 1 is 1.39 bits per heavy atom. The molecule has 0 saturated carbocycles. The lowest BCUT2D eigenvalue weighted by Crippen LogP contribution is -2.26. The second-order valence-corrected chi connectivity index (χ2v) is 4.17. The van der Waals surface area contributed by atoms with Crippen LogP contribution in [-0.2, 0) is 0 Å². The van der Waals surface area contributed by atoms with Gasteiger partial charge in [0.2, 0.25) is 0 Å². The Labute approximate surface area is 105 Å². The van der Waals surface area contributed by atoms with Crippen molar-refractivity contribution in [3.63, 3.8) is 0 Å². The largest absolute Gasteiger partial charge is 0.467 e. The first-order valence-corrected chi connectivity index (χ1v) is 5.68. The zero-order chi connectivity index (χ0) is 13.1. The molecular formula is C14H14FNO2. The van der Waals surface area contributed by atoms with Crippen molar-refractivity contribution in [3.05, 3.63) is 59.3 Å². The number of hydrogen-bond donors (Lipinski definition) is 1. The molecule has 2 rings (SSSR count). The molecule has 18 heavy (non-hydrogen) atoms. The van der Waals surface area contributed by atoms with Crippen molar-refractivity contribution in [2.75, 3.05) is 0 Å². The molecule has 4 heteroatoms. The lowest BCUT2D eigenvalue weighted by Gasteiger charge is -2.11. The van der Waals surface area contributed by atoms with Gasteiger partial charge in [-0.2, -0.15) is 0 Å². The Morgan fingerprint density at radius 2 is 2.17 bits per heavy atom. The van der Waals surface area contributed by atoms with Crippen molar-refractivity contribution in [2.45, 2.75) is 19.9 Å². The molecule has 0 radical (unpaired) electrons. The van der Waals surface area contributed by atoms with E-state index in [-0.39, 0.29) is 17.8 Å². The molecule has 1 aromatic carbocycles. The number of carbonyl (C=O) groups is 1. The van der Waals surface area contributed by atoms with Crippen LogP contribution in [0.25, 0.3) is 0 Å². The Morgan fingerprint density at radius 3 is 2.78 bits per heavy atom. The minimum absolute atomic E-state index is 0.224. The number of amides is 1. The fourth-order valence-corrected chi connectivity index (χ4v) is 1.67. The van der Waals surface area contributed by atoms with Gasteiger partial charge in [-0.05, 0) is 49.7 Å². The minimum Gasteiger partial charge on any atom is -0.467 e. The third-order valence-electron chi connectivity index (χ3n) is 2.74. The van der Waals surface area contributed by atoms with Crippen molar-refractivity contribution < 1.29 is 13.6 Å². The number of rotatable bonds is 3. The molecular weight excluding hydrogens is 233 g/mol. The highest BCUT2D eigenvalue weighted by molar-refractivity contribution is 5.94. The van der Waals surface area contributed by atoms with Gasteiger partial charge >= 0.3 is 0 Å². The third kappa shape index (κ3) is 2.59. The van der Waals surface area contributed by atoms with Crippen LogP contribution in [0.5, 0.6) is 0 Å². The molecule has 1 aromatic heterocycles. The number of aryl methyl sites for hydroxylation is 1. The standard InChI is InChI=1S/C14H14FNO2/c1-9-8-11(5-6-12(9)15)14(17)16-10(2)13-4-3-7-18-13/h3-8,10H,1-2H3,(H,16,17). The molecule has 1 amide bonds. The van der Waals surface area contributed by atoms with E-state index >= 15 is 0 Å². The van der Waals surface area contributed by atoms with E-state index in [9.17, 15) is 9.18 Å². The Bertz CT molecular complexity index is 549. The van der Waals surface area contributed by atoms with Gasteiger partial charge in [0.1, 0.15) is 11.6 Å². The average molecular weight is 247 g/mol. The summed E-state index contributed by atoms with van der Waals surface area (Å²) >= 11 is 0. The molecule has 1 N–H and O–H groups in total. The van der Waals surface area contributed by atoms with E-state index in [2.05, 4.69) is 5.32 Å². The highest BCUT2D eigenvalue weighted by atomic mass is 19.1. The second kappa shape index (κ2) is 5.04. The molecule has 3 nitrogen and oxygen atoms in total. The van der Waals surface area contributed by atoms with Crippen molar-refractivity contribution in [1.82, 2.24) is 5.32 Å². The number of furan rings is 1. The van der Waals surface area contributed by atoms with E-state index < -0.39 is 0 Å². The molecule has 0 fully saturated rings. The molecule has 0 spiro atoms. The van der Waals surface area contributed by atoms with E-state index in [1.54, 1.807) is 25.3 Å². The fraction of sp³-hybridized carbons (Fsp3) is 0.214. The number of nitrogens with one attached hydrogen (secondary N) is 1. The van der Waals surface area contributed by atoms with Gasteiger partial charge in [-0.3, -0.25) is 4.79 Å². The molecule has 0 aliphatic rings. The number of carbonyl (C=O) groups excluding carboxylic acids is 1. The topological polar surface area (TPSA) is 42.2 Å². The van der Waals surface area contributed by atoms with E-state index in [0.717, 1.165) is 0 Å². The maximum absolute atomic E-state index is 13.1. The van der Waals surface area contributed by atoms with E-state index in [4.69, 9.17) is 4.42 Å². The summed E-state index contributed by atoms with van der Waals surface area (Å²) in [5.74, 6) is 0.120. The lowest BCUT2D eigenvalue weighted by molar-refractivity contribution is 0.0935. The van der Waals surface area contributed by atoms with Gasteiger partial charge in [0.05, 0.1) is 12.3 Å². The maximum Gasteiger partial charge on any atom is 0.251 e. The molecule has 1 atom stereocenters. The van der Waals surface area contributed by atoms with Crippen molar-refractivity contribution in [2.24, 2.45) is 0 Å². The predicted molar refractivity (Wildman–Crippen MR) is 65.7 cm³/mol. The summed E-state index contributed by atoms with van der Waals surface area (Å²) in [4.78, 5) is 11.9. The van der Waals surface area contributed by atoms with Gasteiger partial charge in [0.15, 0.2) is 0 Å². The first-order chi connectivity index (χ1) is 8.58. The Kier molecular flexibility index (Phi) is 3.46. The summed E-state index contributed by atoms with van der Waals surface area (Å²) in [6, 6.07) is 7.62. The highest BCUT2D eigenvalue weighted by Crippen LogP contribution is 2.14. The van der Waals surface area contributed by atoms with E-state index in [1.807, 2.05) is 6.92 Å². The van der Waals surface area contributed by atoms with Crippen LogP contribution in [0.2, 0.25) is 0 Å². The van der Waals surface area contributed by atoms with Gasteiger partial charge < -0.3 is 9.73 Å².